The maximum atomic E-state index is 10.7. The van der Waals surface area contributed by atoms with Gasteiger partial charge in [-0.05, 0) is 36.0 Å². The molecule has 0 aromatic heterocycles. The van der Waals surface area contributed by atoms with Gasteiger partial charge in [0, 0.05) is 5.92 Å². The van der Waals surface area contributed by atoms with Crippen molar-refractivity contribution >= 4 is 6.29 Å². The van der Waals surface area contributed by atoms with Crippen molar-refractivity contribution in [3.8, 4) is 0 Å². The van der Waals surface area contributed by atoms with Gasteiger partial charge in [0.1, 0.15) is 6.29 Å². The van der Waals surface area contributed by atoms with Gasteiger partial charge in [0.25, 0.3) is 0 Å². The van der Waals surface area contributed by atoms with Crippen molar-refractivity contribution in [1.82, 2.24) is 0 Å². The number of aliphatic hydroxyl groups excluding tert-OH is 1. The molecule has 0 fully saturated rings. The van der Waals surface area contributed by atoms with Crippen molar-refractivity contribution in [3.63, 3.8) is 0 Å². The van der Waals surface area contributed by atoms with Gasteiger partial charge in [0.05, 0.1) is 6.10 Å². The minimum absolute atomic E-state index is 0.218. The molecule has 15 heavy (non-hydrogen) atoms. The first kappa shape index (κ1) is 10.4. The minimum Gasteiger partial charge on any atom is -0.388 e. The Morgan fingerprint density at radius 2 is 2.33 bits per heavy atom. The van der Waals surface area contributed by atoms with E-state index in [0.717, 1.165) is 31.1 Å². The molecule has 2 nitrogen and oxygen atoms in total. The van der Waals surface area contributed by atoms with E-state index >= 15 is 0 Å². The number of benzene rings is 1. The number of rotatable bonds is 2. The molecular formula is C13H16O2. The van der Waals surface area contributed by atoms with Gasteiger partial charge in [-0.1, -0.05) is 25.1 Å². The molecule has 2 unspecified atom stereocenters. The summed E-state index contributed by atoms with van der Waals surface area (Å²) < 4.78 is 0. The van der Waals surface area contributed by atoms with E-state index < -0.39 is 6.10 Å². The SMILES string of the molecule is CCc1ccc2c(c1)CCC(C=O)C2O. The average molecular weight is 204 g/mol. The topological polar surface area (TPSA) is 37.3 Å². The fourth-order valence-electron chi connectivity index (χ4n) is 2.24. The third-order valence-electron chi connectivity index (χ3n) is 3.26. The van der Waals surface area contributed by atoms with Crippen molar-refractivity contribution in [2.45, 2.75) is 32.3 Å². The molecule has 2 atom stereocenters. The van der Waals surface area contributed by atoms with Crippen LogP contribution in [0.3, 0.4) is 0 Å². The Balaban J connectivity index is 2.36. The summed E-state index contributed by atoms with van der Waals surface area (Å²) >= 11 is 0. The largest absolute Gasteiger partial charge is 0.388 e. The summed E-state index contributed by atoms with van der Waals surface area (Å²) in [6, 6.07) is 6.16. The number of carbonyl (C=O) groups is 1. The number of aryl methyl sites for hydroxylation is 2. The molecule has 2 rings (SSSR count). The Kier molecular flexibility index (Phi) is 2.87. The van der Waals surface area contributed by atoms with Crippen LogP contribution in [0.4, 0.5) is 0 Å². The van der Waals surface area contributed by atoms with Gasteiger partial charge in [-0.3, -0.25) is 0 Å². The highest BCUT2D eigenvalue weighted by atomic mass is 16.3. The van der Waals surface area contributed by atoms with E-state index in [0.29, 0.717) is 0 Å². The van der Waals surface area contributed by atoms with Gasteiger partial charge in [-0.15, -0.1) is 0 Å². The van der Waals surface area contributed by atoms with E-state index in [1.807, 2.05) is 12.1 Å². The van der Waals surface area contributed by atoms with E-state index in [2.05, 4.69) is 13.0 Å². The number of fused-ring (bicyclic) bond motifs is 1. The summed E-state index contributed by atoms with van der Waals surface area (Å²) in [7, 11) is 0. The van der Waals surface area contributed by atoms with Gasteiger partial charge in [0.15, 0.2) is 0 Å². The molecule has 0 amide bonds. The molecule has 0 spiro atoms. The summed E-state index contributed by atoms with van der Waals surface area (Å²) in [5.74, 6) is -0.218. The van der Waals surface area contributed by atoms with Gasteiger partial charge in [-0.2, -0.15) is 0 Å². The zero-order chi connectivity index (χ0) is 10.8. The van der Waals surface area contributed by atoms with Gasteiger partial charge in [-0.25, -0.2) is 0 Å². The molecule has 0 aliphatic heterocycles. The van der Waals surface area contributed by atoms with Crippen LogP contribution >= 0.6 is 0 Å². The standard InChI is InChI=1S/C13H16O2/c1-2-9-3-6-12-10(7-9)4-5-11(8-14)13(12)15/h3,6-8,11,13,15H,2,4-5H2,1H3. The summed E-state index contributed by atoms with van der Waals surface area (Å²) in [6.45, 7) is 2.12. The number of aliphatic hydroxyl groups is 1. The maximum Gasteiger partial charge on any atom is 0.126 e. The first-order valence-corrected chi connectivity index (χ1v) is 5.51. The second-order valence-electron chi connectivity index (χ2n) is 4.17. The third-order valence-corrected chi connectivity index (χ3v) is 3.26. The first-order chi connectivity index (χ1) is 7.26. The molecule has 0 heterocycles. The van der Waals surface area contributed by atoms with Crippen molar-refractivity contribution in [3.05, 3.63) is 34.9 Å². The van der Waals surface area contributed by atoms with Crippen LogP contribution in [0, 0.1) is 5.92 Å². The number of carbonyl (C=O) groups excluding carboxylic acids is 1. The second-order valence-corrected chi connectivity index (χ2v) is 4.17. The highest BCUT2D eigenvalue weighted by Gasteiger charge is 2.27. The summed E-state index contributed by atoms with van der Waals surface area (Å²) in [5.41, 5.74) is 3.45. The predicted molar refractivity (Wildman–Crippen MR) is 58.7 cm³/mol. The van der Waals surface area contributed by atoms with Crippen molar-refractivity contribution < 1.29 is 9.90 Å². The summed E-state index contributed by atoms with van der Waals surface area (Å²) in [4.78, 5) is 10.7. The van der Waals surface area contributed by atoms with Crippen molar-refractivity contribution in [2.75, 3.05) is 0 Å². The van der Waals surface area contributed by atoms with Crippen LogP contribution in [0.5, 0.6) is 0 Å². The van der Waals surface area contributed by atoms with Gasteiger partial charge in [0.2, 0.25) is 0 Å². The molecule has 0 saturated carbocycles. The normalized spacial score (nSPS) is 24.7. The zero-order valence-electron chi connectivity index (χ0n) is 8.94. The average Bonchev–Trinajstić information content (AvgIpc) is 2.29. The molecule has 1 aromatic carbocycles. The van der Waals surface area contributed by atoms with Crippen LogP contribution in [0.2, 0.25) is 0 Å². The van der Waals surface area contributed by atoms with Crippen molar-refractivity contribution in [1.29, 1.82) is 0 Å². The molecule has 1 aliphatic carbocycles. The van der Waals surface area contributed by atoms with E-state index in [4.69, 9.17) is 0 Å². The van der Waals surface area contributed by atoms with Crippen LogP contribution in [0.15, 0.2) is 18.2 Å². The first-order valence-electron chi connectivity index (χ1n) is 5.51. The Hall–Kier alpha value is -1.15. The van der Waals surface area contributed by atoms with Crippen LogP contribution in [0.25, 0.3) is 0 Å². The lowest BCUT2D eigenvalue weighted by atomic mass is 9.81. The van der Waals surface area contributed by atoms with E-state index in [1.165, 1.54) is 11.1 Å². The lowest BCUT2D eigenvalue weighted by molar-refractivity contribution is -0.115. The fraction of sp³-hybridized carbons (Fsp3) is 0.462. The molecule has 2 heteroatoms. The molecule has 1 aliphatic rings. The summed E-state index contributed by atoms with van der Waals surface area (Å²) in [6.07, 6.45) is 2.97. The van der Waals surface area contributed by atoms with Crippen LogP contribution < -0.4 is 0 Å². The minimum atomic E-state index is -0.600. The number of aldehydes is 1. The molecule has 1 N–H and O–H groups in total. The number of hydrogen-bond acceptors (Lipinski definition) is 2. The molecule has 0 saturated heterocycles. The van der Waals surface area contributed by atoms with E-state index in [9.17, 15) is 9.90 Å². The lowest BCUT2D eigenvalue weighted by Crippen LogP contribution is -2.21. The monoisotopic (exact) mass is 204 g/mol. The molecule has 80 valence electrons. The van der Waals surface area contributed by atoms with Crippen LogP contribution in [-0.2, 0) is 17.6 Å². The lowest BCUT2D eigenvalue weighted by Gasteiger charge is -2.26. The third kappa shape index (κ3) is 1.82. The fourth-order valence-corrected chi connectivity index (χ4v) is 2.24. The number of hydrogen-bond donors (Lipinski definition) is 1. The molecular weight excluding hydrogens is 188 g/mol. The molecule has 0 bridgehead atoms. The quantitative estimate of drug-likeness (QED) is 0.748. The van der Waals surface area contributed by atoms with Crippen LogP contribution in [-0.4, -0.2) is 11.4 Å². The predicted octanol–water partition coefficient (Wildman–Crippen LogP) is 2.04. The smallest absolute Gasteiger partial charge is 0.126 e. The Morgan fingerprint density at radius 1 is 1.53 bits per heavy atom. The van der Waals surface area contributed by atoms with E-state index in [1.54, 1.807) is 0 Å². The van der Waals surface area contributed by atoms with Crippen molar-refractivity contribution in [2.24, 2.45) is 5.92 Å². The van der Waals surface area contributed by atoms with Gasteiger partial charge < -0.3 is 9.90 Å². The Morgan fingerprint density at radius 3 is 3.00 bits per heavy atom. The molecule has 0 radical (unpaired) electrons. The second kappa shape index (κ2) is 4.15. The Bertz CT molecular complexity index is 371. The highest BCUT2D eigenvalue weighted by Crippen LogP contribution is 2.33. The highest BCUT2D eigenvalue weighted by molar-refractivity contribution is 5.57. The summed E-state index contributed by atoms with van der Waals surface area (Å²) in [5, 5.41) is 9.95. The zero-order valence-corrected chi connectivity index (χ0v) is 8.94. The van der Waals surface area contributed by atoms with E-state index in [-0.39, 0.29) is 5.92 Å². The Labute approximate surface area is 89.9 Å². The maximum absolute atomic E-state index is 10.7. The van der Waals surface area contributed by atoms with Crippen LogP contribution in [0.1, 0.15) is 36.1 Å². The van der Waals surface area contributed by atoms with Gasteiger partial charge >= 0.3 is 0 Å². The molecule has 1 aromatic rings.